The summed E-state index contributed by atoms with van der Waals surface area (Å²) in [6.45, 7) is 6.33. The molecule has 2 rings (SSSR count). The van der Waals surface area contributed by atoms with E-state index in [2.05, 4.69) is 12.0 Å². The van der Waals surface area contributed by atoms with Crippen molar-refractivity contribution in [3.63, 3.8) is 0 Å². The van der Waals surface area contributed by atoms with Crippen molar-refractivity contribution < 1.29 is 14.4 Å². The molecule has 6 heteroatoms. The molecule has 20 heavy (non-hydrogen) atoms. The third-order valence-electron chi connectivity index (χ3n) is 3.58. The molecule has 0 aliphatic heterocycles. The number of nitrogens with zero attached hydrogens (tertiary/aromatic N) is 2. The third kappa shape index (κ3) is 2.76. The van der Waals surface area contributed by atoms with Gasteiger partial charge in [0.05, 0.1) is 12.2 Å². The van der Waals surface area contributed by atoms with Crippen LogP contribution in [0.4, 0.5) is 4.39 Å². The zero-order valence-corrected chi connectivity index (χ0v) is 11.9. The van der Waals surface area contributed by atoms with Crippen molar-refractivity contribution in [3.8, 4) is 0 Å². The van der Waals surface area contributed by atoms with Crippen molar-refractivity contribution in [2.75, 3.05) is 0 Å². The van der Waals surface area contributed by atoms with Crippen LogP contribution in [-0.2, 0) is 13.0 Å². The number of aryl methyl sites for hydroxylation is 1. The monoisotopic (exact) mass is 276 g/mol. The van der Waals surface area contributed by atoms with Gasteiger partial charge in [0, 0.05) is 11.3 Å². The second-order valence-electron chi connectivity index (χ2n) is 4.89. The highest BCUT2D eigenvalue weighted by Crippen LogP contribution is 2.16. The number of hydrogen-bond donors (Lipinski definition) is 2. The molecule has 2 N–H and O–H groups in total. The first-order valence-electron chi connectivity index (χ1n) is 6.61. The SMILES string of the molecule is CCc1c(C)nn(Cc2ccc(B(O)O)cc2F)c1C. The molecule has 0 radical (unpaired) electrons. The first-order valence-corrected chi connectivity index (χ1v) is 6.61. The van der Waals surface area contributed by atoms with Crippen LogP contribution in [0.2, 0.25) is 0 Å². The number of aromatic nitrogens is 2. The topological polar surface area (TPSA) is 58.3 Å². The van der Waals surface area contributed by atoms with Crippen molar-refractivity contribution in [2.45, 2.75) is 33.7 Å². The van der Waals surface area contributed by atoms with Gasteiger partial charge in [-0.05, 0) is 37.4 Å². The third-order valence-corrected chi connectivity index (χ3v) is 3.58. The van der Waals surface area contributed by atoms with Crippen molar-refractivity contribution in [1.82, 2.24) is 9.78 Å². The molecule has 0 fully saturated rings. The number of halogens is 1. The number of rotatable bonds is 4. The smallest absolute Gasteiger partial charge is 0.423 e. The molecule has 0 spiro atoms. The maximum absolute atomic E-state index is 14.0. The van der Waals surface area contributed by atoms with Crippen LogP contribution < -0.4 is 5.46 Å². The van der Waals surface area contributed by atoms with Gasteiger partial charge in [-0.25, -0.2) is 4.39 Å². The second-order valence-corrected chi connectivity index (χ2v) is 4.89. The normalized spacial score (nSPS) is 10.9. The van der Waals surface area contributed by atoms with Crippen molar-refractivity contribution >= 4 is 12.6 Å². The van der Waals surface area contributed by atoms with E-state index in [0.29, 0.717) is 12.1 Å². The molecule has 4 nitrogen and oxygen atoms in total. The first kappa shape index (κ1) is 14.7. The Hall–Kier alpha value is -1.66. The molecule has 2 aromatic rings. The number of hydrogen-bond acceptors (Lipinski definition) is 3. The molecule has 0 amide bonds. The molecular weight excluding hydrogens is 258 g/mol. The van der Waals surface area contributed by atoms with E-state index in [4.69, 9.17) is 10.0 Å². The quantitative estimate of drug-likeness (QED) is 0.817. The zero-order chi connectivity index (χ0) is 14.9. The Morgan fingerprint density at radius 3 is 2.50 bits per heavy atom. The Labute approximate surface area is 118 Å². The molecular formula is C14H18BFN2O2. The average molecular weight is 276 g/mol. The molecule has 1 heterocycles. The molecule has 0 atom stereocenters. The van der Waals surface area contributed by atoms with Gasteiger partial charge < -0.3 is 10.0 Å². The Kier molecular flexibility index (Phi) is 4.25. The molecule has 1 aromatic heterocycles. The van der Waals surface area contributed by atoms with E-state index in [9.17, 15) is 4.39 Å². The lowest BCUT2D eigenvalue weighted by Crippen LogP contribution is -2.30. The van der Waals surface area contributed by atoms with E-state index >= 15 is 0 Å². The summed E-state index contributed by atoms with van der Waals surface area (Å²) in [6, 6.07) is 4.22. The fraction of sp³-hybridized carbons (Fsp3) is 0.357. The molecule has 0 saturated heterocycles. The van der Waals surface area contributed by atoms with Crippen LogP contribution >= 0.6 is 0 Å². The Morgan fingerprint density at radius 1 is 1.30 bits per heavy atom. The molecule has 0 saturated carbocycles. The Bertz CT molecular complexity index is 626. The first-order chi connectivity index (χ1) is 9.43. The van der Waals surface area contributed by atoms with Crippen LogP contribution in [0.3, 0.4) is 0 Å². The Balaban J connectivity index is 2.31. The van der Waals surface area contributed by atoms with Crippen LogP contribution in [-0.4, -0.2) is 26.9 Å². The largest absolute Gasteiger partial charge is 0.488 e. The van der Waals surface area contributed by atoms with Crippen LogP contribution in [0.25, 0.3) is 0 Å². The lowest BCUT2D eigenvalue weighted by atomic mass is 9.80. The minimum atomic E-state index is -1.65. The lowest BCUT2D eigenvalue weighted by Gasteiger charge is -2.08. The summed E-state index contributed by atoms with van der Waals surface area (Å²) in [5.74, 6) is -0.457. The van der Waals surface area contributed by atoms with Crippen LogP contribution in [0.1, 0.15) is 29.4 Å². The van der Waals surface area contributed by atoms with Crippen LogP contribution in [0.5, 0.6) is 0 Å². The van der Waals surface area contributed by atoms with Crippen molar-refractivity contribution in [3.05, 3.63) is 46.5 Å². The van der Waals surface area contributed by atoms with Gasteiger partial charge in [-0.3, -0.25) is 4.68 Å². The van der Waals surface area contributed by atoms with E-state index in [1.54, 1.807) is 10.7 Å². The van der Waals surface area contributed by atoms with Gasteiger partial charge in [0.1, 0.15) is 5.82 Å². The summed E-state index contributed by atoms with van der Waals surface area (Å²) in [5.41, 5.74) is 3.81. The van der Waals surface area contributed by atoms with Gasteiger partial charge >= 0.3 is 7.12 Å². The number of benzene rings is 1. The summed E-state index contributed by atoms with van der Waals surface area (Å²) in [6.07, 6.45) is 0.899. The van der Waals surface area contributed by atoms with E-state index in [1.807, 2.05) is 13.8 Å². The van der Waals surface area contributed by atoms with E-state index < -0.39 is 12.9 Å². The fourth-order valence-corrected chi connectivity index (χ4v) is 2.41. The summed E-state index contributed by atoms with van der Waals surface area (Å²) in [4.78, 5) is 0. The highest BCUT2D eigenvalue weighted by atomic mass is 19.1. The second kappa shape index (κ2) is 5.77. The molecule has 106 valence electrons. The molecule has 0 unspecified atom stereocenters. The maximum atomic E-state index is 14.0. The zero-order valence-electron chi connectivity index (χ0n) is 11.9. The molecule has 1 aromatic carbocycles. The van der Waals surface area contributed by atoms with Gasteiger partial charge in [0.15, 0.2) is 0 Å². The van der Waals surface area contributed by atoms with Gasteiger partial charge in [-0.2, -0.15) is 5.10 Å². The molecule has 0 aliphatic rings. The van der Waals surface area contributed by atoms with Gasteiger partial charge in [0.2, 0.25) is 0 Å². The molecule has 0 bridgehead atoms. The van der Waals surface area contributed by atoms with Crippen molar-refractivity contribution in [2.24, 2.45) is 0 Å². The summed E-state index contributed by atoms with van der Waals surface area (Å²) >= 11 is 0. The highest BCUT2D eigenvalue weighted by molar-refractivity contribution is 6.58. The predicted octanol–water partition coefficient (Wildman–Crippen LogP) is 0.930. The minimum absolute atomic E-state index is 0.147. The van der Waals surface area contributed by atoms with Crippen LogP contribution in [0.15, 0.2) is 18.2 Å². The van der Waals surface area contributed by atoms with E-state index in [-0.39, 0.29) is 5.46 Å². The summed E-state index contributed by atoms with van der Waals surface area (Å²) < 4.78 is 15.7. The summed E-state index contributed by atoms with van der Waals surface area (Å²) in [5, 5.41) is 22.5. The molecule has 0 aliphatic carbocycles. The highest BCUT2D eigenvalue weighted by Gasteiger charge is 2.15. The van der Waals surface area contributed by atoms with Gasteiger partial charge in [-0.15, -0.1) is 0 Å². The average Bonchev–Trinajstić information content (AvgIpc) is 2.66. The fourth-order valence-electron chi connectivity index (χ4n) is 2.41. The lowest BCUT2D eigenvalue weighted by molar-refractivity contribution is 0.425. The van der Waals surface area contributed by atoms with E-state index in [0.717, 1.165) is 23.9 Å². The Morgan fingerprint density at radius 2 is 2.00 bits per heavy atom. The minimum Gasteiger partial charge on any atom is -0.423 e. The van der Waals surface area contributed by atoms with Gasteiger partial charge in [0.25, 0.3) is 0 Å². The van der Waals surface area contributed by atoms with Gasteiger partial charge in [-0.1, -0.05) is 19.1 Å². The summed E-state index contributed by atoms with van der Waals surface area (Å²) in [7, 11) is -1.65. The standard InChI is InChI=1S/C14H18BFN2O2/c1-4-13-9(2)17-18(10(13)3)8-11-5-6-12(15(19)20)7-14(11)16/h5-7,19-20H,4,8H2,1-3H3. The van der Waals surface area contributed by atoms with Crippen molar-refractivity contribution in [1.29, 1.82) is 0 Å². The van der Waals surface area contributed by atoms with E-state index in [1.165, 1.54) is 11.6 Å². The van der Waals surface area contributed by atoms with Crippen LogP contribution in [0, 0.1) is 19.7 Å². The predicted molar refractivity (Wildman–Crippen MR) is 76.4 cm³/mol. The maximum Gasteiger partial charge on any atom is 0.488 e.